The predicted octanol–water partition coefficient (Wildman–Crippen LogP) is 2.68. The summed E-state index contributed by atoms with van der Waals surface area (Å²) in [6.45, 7) is 0.541. The van der Waals surface area contributed by atoms with Gasteiger partial charge in [-0.1, -0.05) is 29.8 Å². The molecule has 0 spiro atoms. The molecule has 1 saturated carbocycles. The fourth-order valence-corrected chi connectivity index (χ4v) is 1.82. The SMILES string of the molecule is NCc1cccc(C2CC2)c1Cl. The van der Waals surface area contributed by atoms with E-state index in [0.717, 1.165) is 10.6 Å². The van der Waals surface area contributed by atoms with E-state index in [-0.39, 0.29) is 0 Å². The third-order valence-corrected chi connectivity index (χ3v) is 2.81. The van der Waals surface area contributed by atoms with Crippen LogP contribution in [0.2, 0.25) is 5.02 Å². The highest BCUT2D eigenvalue weighted by atomic mass is 35.5. The van der Waals surface area contributed by atoms with Crippen molar-refractivity contribution in [3.8, 4) is 0 Å². The molecule has 0 unspecified atom stereocenters. The lowest BCUT2D eigenvalue weighted by molar-refractivity contribution is 1.04. The molecule has 1 aromatic carbocycles. The molecule has 0 aromatic heterocycles. The number of nitrogens with two attached hydrogens (primary N) is 1. The van der Waals surface area contributed by atoms with Crippen LogP contribution in [-0.2, 0) is 6.54 Å². The lowest BCUT2D eigenvalue weighted by Gasteiger charge is -2.05. The highest BCUT2D eigenvalue weighted by Gasteiger charge is 2.26. The summed E-state index contributed by atoms with van der Waals surface area (Å²) in [4.78, 5) is 0. The van der Waals surface area contributed by atoms with E-state index in [4.69, 9.17) is 17.3 Å². The van der Waals surface area contributed by atoms with Gasteiger partial charge in [-0.3, -0.25) is 0 Å². The minimum absolute atomic E-state index is 0.541. The van der Waals surface area contributed by atoms with E-state index in [9.17, 15) is 0 Å². The standard InChI is InChI=1S/C10H12ClN/c11-10-8(6-12)2-1-3-9(10)7-4-5-7/h1-3,7H,4-6,12H2. The van der Waals surface area contributed by atoms with Crippen molar-refractivity contribution in [2.45, 2.75) is 25.3 Å². The number of benzene rings is 1. The van der Waals surface area contributed by atoms with Gasteiger partial charge in [-0.25, -0.2) is 0 Å². The highest BCUT2D eigenvalue weighted by molar-refractivity contribution is 6.32. The van der Waals surface area contributed by atoms with Crippen LogP contribution in [0.15, 0.2) is 18.2 Å². The molecule has 0 bridgehead atoms. The minimum atomic E-state index is 0.541. The monoisotopic (exact) mass is 181 g/mol. The third kappa shape index (κ3) is 1.35. The molecule has 2 rings (SSSR count). The molecule has 0 amide bonds. The minimum Gasteiger partial charge on any atom is -0.326 e. The molecular weight excluding hydrogens is 170 g/mol. The van der Waals surface area contributed by atoms with Crippen LogP contribution in [0.3, 0.4) is 0 Å². The quantitative estimate of drug-likeness (QED) is 0.746. The molecule has 0 saturated heterocycles. The van der Waals surface area contributed by atoms with Crippen LogP contribution in [0.1, 0.15) is 29.9 Å². The molecule has 64 valence electrons. The molecule has 1 aromatic rings. The van der Waals surface area contributed by atoms with Gasteiger partial charge >= 0.3 is 0 Å². The molecule has 1 aliphatic rings. The van der Waals surface area contributed by atoms with Crippen LogP contribution in [0.4, 0.5) is 0 Å². The zero-order valence-electron chi connectivity index (χ0n) is 6.89. The lowest BCUT2D eigenvalue weighted by atomic mass is 10.1. The van der Waals surface area contributed by atoms with Gasteiger partial charge in [0.2, 0.25) is 0 Å². The largest absolute Gasteiger partial charge is 0.326 e. The molecule has 1 nitrogen and oxygen atoms in total. The van der Waals surface area contributed by atoms with Crippen molar-refractivity contribution in [3.05, 3.63) is 34.3 Å². The van der Waals surface area contributed by atoms with Crippen LogP contribution >= 0.6 is 11.6 Å². The average Bonchev–Trinajstić information content (AvgIpc) is 2.88. The summed E-state index contributed by atoms with van der Waals surface area (Å²) in [7, 11) is 0. The van der Waals surface area contributed by atoms with Gasteiger partial charge in [0.25, 0.3) is 0 Å². The summed E-state index contributed by atoms with van der Waals surface area (Å²) in [6, 6.07) is 6.15. The Balaban J connectivity index is 2.40. The van der Waals surface area contributed by atoms with E-state index in [2.05, 4.69) is 6.07 Å². The van der Waals surface area contributed by atoms with Crippen LogP contribution in [0.25, 0.3) is 0 Å². The Labute approximate surface area is 77.5 Å². The fourth-order valence-electron chi connectivity index (χ4n) is 1.47. The Morgan fingerprint density at radius 1 is 1.42 bits per heavy atom. The van der Waals surface area contributed by atoms with E-state index < -0.39 is 0 Å². The molecule has 0 aliphatic heterocycles. The second-order valence-corrected chi connectivity index (χ2v) is 3.68. The predicted molar refractivity (Wildman–Crippen MR) is 51.3 cm³/mol. The maximum Gasteiger partial charge on any atom is 0.0485 e. The van der Waals surface area contributed by atoms with Crippen molar-refractivity contribution < 1.29 is 0 Å². The van der Waals surface area contributed by atoms with E-state index in [0.29, 0.717) is 12.5 Å². The van der Waals surface area contributed by atoms with Crippen molar-refractivity contribution in [2.75, 3.05) is 0 Å². The van der Waals surface area contributed by atoms with Gasteiger partial charge < -0.3 is 5.73 Å². The van der Waals surface area contributed by atoms with Gasteiger partial charge in [-0.2, -0.15) is 0 Å². The Hall–Kier alpha value is -0.530. The van der Waals surface area contributed by atoms with E-state index in [1.54, 1.807) is 0 Å². The fraction of sp³-hybridized carbons (Fsp3) is 0.400. The molecule has 0 atom stereocenters. The Morgan fingerprint density at radius 2 is 2.17 bits per heavy atom. The first-order chi connectivity index (χ1) is 5.83. The molecule has 1 aliphatic carbocycles. The smallest absolute Gasteiger partial charge is 0.0485 e. The zero-order valence-corrected chi connectivity index (χ0v) is 7.64. The molecule has 0 heterocycles. The maximum atomic E-state index is 6.16. The van der Waals surface area contributed by atoms with Gasteiger partial charge in [0, 0.05) is 11.6 Å². The van der Waals surface area contributed by atoms with Crippen molar-refractivity contribution in [3.63, 3.8) is 0 Å². The molecule has 2 N–H and O–H groups in total. The lowest BCUT2D eigenvalue weighted by Crippen LogP contribution is -1.98. The summed E-state index contributed by atoms with van der Waals surface area (Å²) >= 11 is 6.16. The summed E-state index contributed by atoms with van der Waals surface area (Å²) in [6.07, 6.45) is 2.57. The van der Waals surface area contributed by atoms with Crippen molar-refractivity contribution >= 4 is 11.6 Å². The molecule has 0 radical (unpaired) electrons. The summed E-state index contributed by atoms with van der Waals surface area (Å²) < 4.78 is 0. The van der Waals surface area contributed by atoms with Crippen LogP contribution < -0.4 is 5.73 Å². The number of halogens is 1. The summed E-state index contributed by atoms with van der Waals surface area (Å²) in [5, 5.41) is 0.891. The van der Waals surface area contributed by atoms with Crippen LogP contribution in [-0.4, -0.2) is 0 Å². The Bertz CT molecular complexity index is 292. The Morgan fingerprint density at radius 3 is 2.75 bits per heavy atom. The van der Waals surface area contributed by atoms with Crippen molar-refractivity contribution in [2.24, 2.45) is 5.73 Å². The van der Waals surface area contributed by atoms with Gasteiger partial charge in [-0.05, 0) is 29.9 Å². The number of rotatable bonds is 2. The van der Waals surface area contributed by atoms with Crippen molar-refractivity contribution in [1.29, 1.82) is 0 Å². The molecular formula is C10H12ClN. The van der Waals surface area contributed by atoms with Gasteiger partial charge in [-0.15, -0.1) is 0 Å². The average molecular weight is 182 g/mol. The van der Waals surface area contributed by atoms with Crippen LogP contribution in [0.5, 0.6) is 0 Å². The molecule has 1 fully saturated rings. The van der Waals surface area contributed by atoms with Crippen molar-refractivity contribution in [1.82, 2.24) is 0 Å². The second-order valence-electron chi connectivity index (χ2n) is 3.30. The number of hydrogen-bond donors (Lipinski definition) is 1. The van der Waals surface area contributed by atoms with E-state index in [1.807, 2.05) is 12.1 Å². The van der Waals surface area contributed by atoms with Gasteiger partial charge in [0.05, 0.1) is 0 Å². The first kappa shape index (κ1) is 8.09. The number of hydrogen-bond acceptors (Lipinski definition) is 1. The maximum absolute atomic E-state index is 6.16. The van der Waals surface area contributed by atoms with E-state index >= 15 is 0 Å². The van der Waals surface area contributed by atoms with E-state index in [1.165, 1.54) is 18.4 Å². The highest BCUT2D eigenvalue weighted by Crippen LogP contribution is 2.43. The zero-order chi connectivity index (χ0) is 8.55. The topological polar surface area (TPSA) is 26.0 Å². The van der Waals surface area contributed by atoms with Gasteiger partial charge in [0.1, 0.15) is 0 Å². The second kappa shape index (κ2) is 3.08. The first-order valence-corrected chi connectivity index (χ1v) is 4.68. The summed E-state index contributed by atoms with van der Waals surface area (Å²) in [5.41, 5.74) is 7.92. The van der Waals surface area contributed by atoms with Crippen LogP contribution in [0, 0.1) is 0 Å². The molecule has 2 heteroatoms. The Kier molecular flexibility index (Phi) is 2.07. The normalized spacial score (nSPS) is 16.5. The first-order valence-electron chi connectivity index (χ1n) is 4.30. The molecule has 12 heavy (non-hydrogen) atoms. The van der Waals surface area contributed by atoms with Gasteiger partial charge in [0.15, 0.2) is 0 Å². The summed E-state index contributed by atoms with van der Waals surface area (Å²) in [5.74, 6) is 0.712. The third-order valence-electron chi connectivity index (χ3n) is 2.35.